The number of hydrogen-bond donors (Lipinski definition) is 6. The zero-order chi connectivity index (χ0) is 31.4. The summed E-state index contributed by atoms with van der Waals surface area (Å²) in [6.07, 6.45) is 3.13. The van der Waals surface area contributed by atoms with Gasteiger partial charge in [-0.1, -0.05) is 37.3 Å². The molecule has 0 unspecified atom stereocenters. The number of halogens is 1. The molecule has 0 radical (unpaired) electrons. The maximum atomic E-state index is 12.8. The maximum Gasteiger partial charge on any atom is 0.414 e. The Bertz CT molecular complexity index is 1080. The van der Waals surface area contributed by atoms with E-state index in [4.69, 9.17) is 43.7 Å². The van der Waals surface area contributed by atoms with Crippen LogP contribution < -0.4 is 27.8 Å². The number of aliphatic imine (C=N–C) groups is 1. The zero-order valence-electron chi connectivity index (χ0n) is 24.6. The molecule has 0 aliphatic heterocycles. The molecule has 0 saturated carbocycles. The van der Waals surface area contributed by atoms with E-state index in [0.29, 0.717) is 19.4 Å². The van der Waals surface area contributed by atoms with Gasteiger partial charge in [-0.15, -0.1) is 0 Å². The minimum absolute atomic E-state index is 0.0600. The van der Waals surface area contributed by atoms with Crippen molar-refractivity contribution < 1.29 is 23.9 Å². The molecule has 0 aliphatic carbocycles. The van der Waals surface area contributed by atoms with Crippen molar-refractivity contribution in [3.8, 4) is 0 Å². The van der Waals surface area contributed by atoms with Gasteiger partial charge < -0.3 is 26.7 Å². The molecule has 1 rings (SSSR count). The highest BCUT2D eigenvalue weighted by Gasteiger charge is 2.24. The number of alkyl carbamates (subject to hydrolysis) is 2. The number of nitrogens with two attached hydrogens (primary N) is 3. The first-order valence-corrected chi connectivity index (χ1v) is 13.6. The van der Waals surface area contributed by atoms with E-state index in [-0.39, 0.29) is 35.0 Å². The summed E-state index contributed by atoms with van der Waals surface area (Å²) < 4.78 is 10.5. The van der Waals surface area contributed by atoms with E-state index in [1.165, 1.54) is 0 Å². The first-order valence-electron chi connectivity index (χ1n) is 13.2. The highest BCUT2D eigenvalue weighted by atomic mass is 35.5. The Hall–Kier alpha value is -3.88. The zero-order valence-corrected chi connectivity index (χ0v) is 25.4. The third-order valence-electron chi connectivity index (χ3n) is 4.94. The van der Waals surface area contributed by atoms with Crippen LogP contribution in [0.4, 0.5) is 21.2 Å². The van der Waals surface area contributed by atoms with Crippen LogP contribution in [0.15, 0.2) is 4.99 Å². The summed E-state index contributed by atoms with van der Waals surface area (Å²) in [7, 11) is 0. The largest absolute Gasteiger partial charge is 0.444 e. The summed E-state index contributed by atoms with van der Waals surface area (Å²) in [5.41, 5.74) is 15.2. The molecule has 9 N–H and O–H groups in total. The number of nitrogens with one attached hydrogen (secondary N) is 3. The Morgan fingerprint density at radius 3 is 1.85 bits per heavy atom. The number of aromatic nitrogens is 2. The minimum atomic E-state index is -0.750. The van der Waals surface area contributed by atoms with Gasteiger partial charge in [0.1, 0.15) is 11.2 Å². The number of unbranched alkanes of at least 4 members (excludes halogenated alkanes) is 5. The lowest BCUT2D eigenvalue weighted by Gasteiger charge is -2.22. The molecule has 3 amide bonds. The third-order valence-corrected chi connectivity index (χ3v) is 5.22. The highest BCUT2D eigenvalue weighted by molar-refractivity contribution is 6.31. The van der Waals surface area contributed by atoms with Crippen molar-refractivity contribution in [2.24, 2.45) is 10.7 Å². The number of ether oxygens (including phenoxy) is 2. The van der Waals surface area contributed by atoms with E-state index < -0.39 is 35.3 Å². The predicted molar refractivity (Wildman–Crippen MR) is 158 cm³/mol. The quantitative estimate of drug-likeness (QED) is 0.130. The van der Waals surface area contributed by atoms with Crippen molar-refractivity contribution in [2.45, 2.75) is 91.3 Å². The molecule has 1 aromatic rings. The van der Waals surface area contributed by atoms with Gasteiger partial charge in [0.25, 0.3) is 5.91 Å². The number of anilines is 2. The normalized spacial score (nSPS) is 11.3. The van der Waals surface area contributed by atoms with Gasteiger partial charge in [0.05, 0.1) is 0 Å². The van der Waals surface area contributed by atoms with E-state index in [1.807, 2.05) is 0 Å². The van der Waals surface area contributed by atoms with Crippen molar-refractivity contribution in [2.75, 3.05) is 24.6 Å². The fraction of sp³-hybridized carbons (Fsp3) is 0.640. The number of nitrogen functional groups attached to an aromatic ring is 2. The van der Waals surface area contributed by atoms with Crippen LogP contribution in [-0.2, 0) is 9.47 Å². The first-order chi connectivity index (χ1) is 18.9. The van der Waals surface area contributed by atoms with E-state index in [2.05, 4.69) is 25.6 Å². The van der Waals surface area contributed by atoms with E-state index in [9.17, 15) is 14.4 Å². The lowest BCUT2D eigenvalue weighted by molar-refractivity contribution is 0.0544. The average molecular weight is 599 g/mol. The molecule has 0 spiro atoms. The average Bonchev–Trinajstić information content (AvgIpc) is 2.79. The van der Waals surface area contributed by atoms with Gasteiger partial charge in [-0.2, -0.15) is 0 Å². The van der Waals surface area contributed by atoms with E-state index in [1.54, 1.807) is 41.5 Å². The second-order valence-electron chi connectivity index (χ2n) is 11.1. The predicted octanol–water partition coefficient (Wildman–Crippen LogP) is 3.38. The Morgan fingerprint density at radius 2 is 1.37 bits per heavy atom. The van der Waals surface area contributed by atoms with Crippen LogP contribution in [0.25, 0.3) is 0 Å². The second-order valence-corrected chi connectivity index (χ2v) is 11.4. The molecule has 0 fully saturated rings. The third kappa shape index (κ3) is 14.4. The van der Waals surface area contributed by atoms with Crippen LogP contribution in [0.2, 0.25) is 5.15 Å². The Balaban J connectivity index is 2.53. The molecule has 1 aromatic heterocycles. The second kappa shape index (κ2) is 15.8. The summed E-state index contributed by atoms with van der Waals surface area (Å²) >= 11 is 5.85. The number of nitrogens with zero attached hydrogens (tertiary/aromatic N) is 4. The fourth-order valence-corrected chi connectivity index (χ4v) is 3.38. The number of rotatable bonds is 10. The van der Waals surface area contributed by atoms with Crippen molar-refractivity contribution in [1.82, 2.24) is 25.5 Å². The van der Waals surface area contributed by atoms with Crippen LogP contribution in [0.1, 0.15) is 90.6 Å². The minimum Gasteiger partial charge on any atom is -0.444 e. The molecule has 1 heterocycles. The van der Waals surface area contributed by atoms with Gasteiger partial charge >= 0.3 is 12.2 Å². The molecule has 15 nitrogen and oxygen atoms in total. The number of amides is 3. The standard InChI is InChI=1S/C25H43ClN10O5/c1-24(2,3)40-22(38)34-21(35-23(39)41-25(4,5)6)31-13-11-9-7-8-10-12-14-36(20(29)30)19(37)15-17(27)33-18(28)16(26)32-15/h7-14H2,1-6H3,(H3,29,30)(H4,27,28,33)(H2,31,34,35,38,39). The van der Waals surface area contributed by atoms with Gasteiger partial charge in [-0.05, 0) is 54.4 Å². The lowest BCUT2D eigenvalue weighted by Crippen LogP contribution is -2.47. The van der Waals surface area contributed by atoms with Crippen LogP contribution in [0.5, 0.6) is 0 Å². The van der Waals surface area contributed by atoms with Gasteiger partial charge in [-0.25, -0.2) is 19.6 Å². The lowest BCUT2D eigenvalue weighted by atomic mass is 10.1. The molecule has 41 heavy (non-hydrogen) atoms. The first kappa shape index (κ1) is 35.1. The molecule has 0 aromatic carbocycles. The highest BCUT2D eigenvalue weighted by Crippen LogP contribution is 2.19. The van der Waals surface area contributed by atoms with Gasteiger partial charge in [0.2, 0.25) is 5.96 Å². The molecule has 0 saturated heterocycles. The van der Waals surface area contributed by atoms with Crippen LogP contribution in [-0.4, -0.2) is 69.2 Å². The van der Waals surface area contributed by atoms with Gasteiger partial charge in [-0.3, -0.25) is 30.7 Å². The number of hydrogen-bond acceptors (Lipinski definition) is 11. The molecule has 0 bridgehead atoms. The van der Waals surface area contributed by atoms with Crippen molar-refractivity contribution in [3.05, 3.63) is 10.8 Å². The molecular formula is C25H43ClN10O5. The molecule has 16 heteroatoms. The summed E-state index contributed by atoms with van der Waals surface area (Å²) in [5.74, 6) is -1.49. The Labute approximate surface area is 245 Å². The van der Waals surface area contributed by atoms with Crippen LogP contribution in [0.3, 0.4) is 0 Å². The molecular weight excluding hydrogens is 556 g/mol. The summed E-state index contributed by atoms with van der Waals surface area (Å²) in [6.45, 7) is 10.9. The van der Waals surface area contributed by atoms with Gasteiger partial charge in [0.15, 0.2) is 28.4 Å². The summed E-state index contributed by atoms with van der Waals surface area (Å²) in [4.78, 5) is 50.1. The fourth-order valence-electron chi connectivity index (χ4n) is 3.25. The summed E-state index contributed by atoms with van der Waals surface area (Å²) in [5, 5.41) is 12.5. The maximum absolute atomic E-state index is 12.8. The monoisotopic (exact) mass is 598 g/mol. The molecule has 0 atom stereocenters. The number of carbonyl (C=O) groups excluding carboxylic acids is 3. The smallest absolute Gasteiger partial charge is 0.414 e. The SMILES string of the molecule is CC(C)(C)OC(=O)NC(=NCCCCCCCCN(C(=N)N)C(=O)c1nc(Cl)c(N)nc1N)NC(=O)OC(C)(C)C. The van der Waals surface area contributed by atoms with Crippen LogP contribution >= 0.6 is 11.6 Å². The number of carbonyl (C=O) groups is 3. The topological polar surface area (TPSA) is 237 Å². The van der Waals surface area contributed by atoms with Crippen molar-refractivity contribution in [1.29, 1.82) is 5.41 Å². The van der Waals surface area contributed by atoms with Crippen molar-refractivity contribution >= 4 is 53.2 Å². The van der Waals surface area contributed by atoms with Crippen molar-refractivity contribution in [3.63, 3.8) is 0 Å². The summed E-state index contributed by atoms with van der Waals surface area (Å²) in [6, 6.07) is 0. The van der Waals surface area contributed by atoms with Crippen LogP contribution in [0, 0.1) is 5.41 Å². The Morgan fingerprint density at radius 1 is 0.878 bits per heavy atom. The molecule has 0 aliphatic rings. The van der Waals surface area contributed by atoms with E-state index in [0.717, 1.165) is 30.6 Å². The Kier molecular flexibility index (Phi) is 13.5. The number of guanidine groups is 2. The molecule has 230 valence electrons. The van der Waals surface area contributed by atoms with Gasteiger partial charge in [0, 0.05) is 13.1 Å². The van der Waals surface area contributed by atoms with E-state index >= 15 is 0 Å².